The molecule has 0 aromatic heterocycles. The van der Waals surface area contributed by atoms with E-state index >= 15 is 0 Å². The Morgan fingerprint density at radius 3 is 2.28 bits per heavy atom. The highest BCUT2D eigenvalue weighted by molar-refractivity contribution is 4.83. The zero-order chi connectivity index (χ0) is 13.9. The molecule has 108 valence electrons. The molecule has 1 aliphatic carbocycles. The lowest BCUT2D eigenvalue weighted by molar-refractivity contribution is -0.243. The van der Waals surface area contributed by atoms with Gasteiger partial charge in [-0.25, -0.2) is 0 Å². The first-order valence-corrected chi connectivity index (χ1v) is 6.73. The lowest BCUT2D eigenvalue weighted by atomic mass is 9.80. The number of alkyl halides is 3. The number of hydrogen-bond donors (Lipinski definition) is 1. The Hall–Kier alpha value is -0.290. The normalized spacial score (nSPS) is 33.2. The number of rotatable bonds is 4. The van der Waals surface area contributed by atoms with E-state index in [9.17, 15) is 13.2 Å². The fourth-order valence-corrected chi connectivity index (χ4v) is 2.46. The van der Waals surface area contributed by atoms with Crippen LogP contribution in [0.5, 0.6) is 0 Å². The summed E-state index contributed by atoms with van der Waals surface area (Å²) in [6.07, 6.45) is -3.91. The van der Waals surface area contributed by atoms with Crippen LogP contribution in [-0.4, -0.2) is 24.4 Å². The Labute approximate surface area is 107 Å². The minimum absolute atomic E-state index is 0.267. The molecule has 5 unspecified atom stereocenters. The van der Waals surface area contributed by atoms with Gasteiger partial charge in [-0.1, -0.05) is 20.8 Å². The molecule has 2 nitrogen and oxygen atoms in total. The Morgan fingerprint density at radius 2 is 1.83 bits per heavy atom. The van der Waals surface area contributed by atoms with Crippen molar-refractivity contribution in [1.29, 1.82) is 0 Å². The van der Waals surface area contributed by atoms with E-state index in [1.165, 1.54) is 0 Å². The van der Waals surface area contributed by atoms with Crippen LogP contribution in [0.15, 0.2) is 0 Å². The molecule has 1 rings (SSSR count). The Kier molecular flexibility index (Phi) is 5.46. The smallest absolute Gasteiger partial charge is 0.364 e. The van der Waals surface area contributed by atoms with Gasteiger partial charge in [0, 0.05) is 6.04 Å². The lowest BCUT2D eigenvalue weighted by Gasteiger charge is -2.36. The Morgan fingerprint density at radius 1 is 1.22 bits per heavy atom. The third kappa shape index (κ3) is 4.12. The Bertz CT molecular complexity index is 257. The molecule has 0 aliphatic heterocycles. The first-order valence-electron chi connectivity index (χ1n) is 6.73. The monoisotopic (exact) mass is 267 g/mol. The second-order valence-corrected chi connectivity index (χ2v) is 5.56. The molecule has 0 radical (unpaired) electrons. The zero-order valence-electron chi connectivity index (χ0n) is 11.3. The number of nitrogens with two attached hydrogens (primary N) is 1. The van der Waals surface area contributed by atoms with Gasteiger partial charge in [0.15, 0.2) is 6.10 Å². The van der Waals surface area contributed by atoms with E-state index in [0.29, 0.717) is 24.7 Å². The van der Waals surface area contributed by atoms with Crippen molar-refractivity contribution in [3.63, 3.8) is 0 Å². The third-order valence-corrected chi connectivity index (χ3v) is 4.07. The zero-order valence-corrected chi connectivity index (χ0v) is 11.3. The fourth-order valence-electron chi connectivity index (χ4n) is 2.46. The SMILES string of the molecule is CCC(N)C(OC1CCC(C)C(C)C1)C(F)(F)F. The summed E-state index contributed by atoms with van der Waals surface area (Å²) in [5.41, 5.74) is 5.54. The van der Waals surface area contributed by atoms with Crippen LogP contribution in [-0.2, 0) is 4.74 Å². The topological polar surface area (TPSA) is 35.2 Å². The van der Waals surface area contributed by atoms with Crippen molar-refractivity contribution in [2.45, 2.75) is 70.9 Å². The van der Waals surface area contributed by atoms with Crippen LogP contribution in [0.3, 0.4) is 0 Å². The Balaban J connectivity index is 2.61. The van der Waals surface area contributed by atoms with E-state index in [-0.39, 0.29) is 12.5 Å². The fraction of sp³-hybridized carbons (Fsp3) is 1.00. The van der Waals surface area contributed by atoms with E-state index in [0.717, 1.165) is 6.42 Å². The summed E-state index contributed by atoms with van der Waals surface area (Å²) in [5, 5.41) is 0. The van der Waals surface area contributed by atoms with Crippen LogP contribution in [0.1, 0.15) is 46.5 Å². The van der Waals surface area contributed by atoms with E-state index in [4.69, 9.17) is 10.5 Å². The molecule has 5 heteroatoms. The van der Waals surface area contributed by atoms with Crippen LogP contribution in [0.25, 0.3) is 0 Å². The van der Waals surface area contributed by atoms with Crippen LogP contribution in [0.4, 0.5) is 13.2 Å². The molecule has 0 saturated heterocycles. The van der Waals surface area contributed by atoms with Crippen molar-refractivity contribution in [3.05, 3.63) is 0 Å². The van der Waals surface area contributed by atoms with Crippen LogP contribution < -0.4 is 5.73 Å². The van der Waals surface area contributed by atoms with Gasteiger partial charge in [0.05, 0.1) is 6.10 Å². The summed E-state index contributed by atoms with van der Waals surface area (Å²) in [5.74, 6) is 0.976. The molecule has 2 N–H and O–H groups in total. The minimum Gasteiger partial charge on any atom is -0.364 e. The molecule has 1 fully saturated rings. The van der Waals surface area contributed by atoms with Crippen LogP contribution in [0, 0.1) is 11.8 Å². The van der Waals surface area contributed by atoms with Gasteiger partial charge >= 0.3 is 6.18 Å². The third-order valence-electron chi connectivity index (χ3n) is 4.07. The second kappa shape index (κ2) is 6.24. The predicted octanol–water partition coefficient (Wildman–Crippen LogP) is 3.50. The number of hydrogen-bond acceptors (Lipinski definition) is 2. The van der Waals surface area contributed by atoms with Gasteiger partial charge in [0.25, 0.3) is 0 Å². The van der Waals surface area contributed by atoms with E-state index in [1.54, 1.807) is 6.92 Å². The molecule has 0 aromatic rings. The van der Waals surface area contributed by atoms with Crippen molar-refractivity contribution in [3.8, 4) is 0 Å². The first-order chi connectivity index (χ1) is 8.25. The van der Waals surface area contributed by atoms with Gasteiger partial charge in [-0.3, -0.25) is 0 Å². The average Bonchev–Trinajstić information content (AvgIpc) is 2.28. The summed E-state index contributed by atoms with van der Waals surface area (Å²) in [6, 6.07) is -0.973. The standard InChI is InChI=1S/C13H24F3NO/c1-4-11(17)12(13(14,15)16)18-10-6-5-8(2)9(3)7-10/h8-12H,4-7,17H2,1-3H3. The largest absolute Gasteiger partial charge is 0.416 e. The van der Waals surface area contributed by atoms with Crippen molar-refractivity contribution >= 4 is 0 Å². The maximum Gasteiger partial charge on any atom is 0.416 e. The van der Waals surface area contributed by atoms with Gasteiger partial charge in [0.1, 0.15) is 0 Å². The first kappa shape index (κ1) is 15.8. The number of halogens is 3. The highest BCUT2D eigenvalue weighted by Gasteiger charge is 2.45. The lowest BCUT2D eigenvalue weighted by Crippen LogP contribution is -2.49. The summed E-state index contributed by atoms with van der Waals surface area (Å²) in [4.78, 5) is 0. The van der Waals surface area contributed by atoms with Gasteiger partial charge < -0.3 is 10.5 Å². The van der Waals surface area contributed by atoms with E-state index in [1.807, 2.05) is 0 Å². The maximum absolute atomic E-state index is 12.9. The van der Waals surface area contributed by atoms with Gasteiger partial charge in [-0.05, 0) is 37.5 Å². The predicted molar refractivity (Wildman–Crippen MR) is 65.2 cm³/mol. The molecule has 0 spiro atoms. The van der Waals surface area contributed by atoms with Gasteiger partial charge in [0.2, 0.25) is 0 Å². The molecule has 0 bridgehead atoms. The van der Waals surface area contributed by atoms with Crippen molar-refractivity contribution in [2.24, 2.45) is 17.6 Å². The quantitative estimate of drug-likeness (QED) is 0.846. The summed E-state index contributed by atoms with van der Waals surface area (Å²) < 4.78 is 43.9. The summed E-state index contributed by atoms with van der Waals surface area (Å²) in [6.45, 7) is 5.86. The van der Waals surface area contributed by atoms with Gasteiger partial charge in [-0.2, -0.15) is 13.2 Å². The van der Waals surface area contributed by atoms with Crippen LogP contribution in [0.2, 0.25) is 0 Å². The van der Waals surface area contributed by atoms with E-state index in [2.05, 4.69) is 13.8 Å². The number of ether oxygens (including phenoxy) is 1. The summed E-state index contributed by atoms with van der Waals surface area (Å²) in [7, 11) is 0. The maximum atomic E-state index is 12.9. The van der Waals surface area contributed by atoms with E-state index < -0.39 is 18.3 Å². The molecule has 0 heterocycles. The molecular formula is C13H24F3NO. The molecule has 1 aliphatic rings. The molecule has 0 amide bonds. The second-order valence-electron chi connectivity index (χ2n) is 5.56. The molecule has 0 aromatic carbocycles. The van der Waals surface area contributed by atoms with Crippen molar-refractivity contribution < 1.29 is 17.9 Å². The molecule has 1 saturated carbocycles. The minimum atomic E-state index is -4.37. The van der Waals surface area contributed by atoms with Crippen molar-refractivity contribution in [2.75, 3.05) is 0 Å². The average molecular weight is 267 g/mol. The summed E-state index contributed by atoms with van der Waals surface area (Å²) >= 11 is 0. The highest BCUT2D eigenvalue weighted by Crippen LogP contribution is 2.34. The molecule has 18 heavy (non-hydrogen) atoms. The highest BCUT2D eigenvalue weighted by atomic mass is 19.4. The van der Waals surface area contributed by atoms with Crippen LogP contribution >= 0.6 is 0 Å². The van der Waals surface area contributed by atoms with Gasteiger partial charge in [-0.15, -0.1) is 0 Å². The van der Waals surface area contributed by atoms with Crippen molar-refractivity contribution in [1.82, 2.24) is 0 Å². The molecule has 5 atom stereocenters. The molecular weight excluding hydrogens is 243 g/mol.